The number of amides is 1. The fourth-order valence-corrected chi connectivity index (χ4v) is 2.60. The number of nitrogens with two attached hydrogens (primary N) is 1. The van der Waals surface area contributed by atoms with Gasteiger partial charge in [0, 0.05) is 11.5 Å². The summed E-state index contributed by atoms with van der Waals surface area (Å²) in [4.78, 5) is 11.6. The summed E-state index contributed by atoms with van der Waals surface area (Å²) < 4.78 is 2.71. The second-order valence-electron chi connectivity index (χ2n) is 3.68. The summed E-state index contributed by atoms with van der Waals surface area (Å²) in [7, 11) is 1.82. The maximum absolute atomic E-state index is 11.6. The highest BCUT2D eigenvalue weighted by atomic mass is 79.9. The molecule has 0 unspecified atom stereocenters. The van der Waals surface area contributed by atoms with Crippen molar-refractivity contribution in [3.8, 4) is 0 Å². The van der Waals surface area contributed by atoms with Gasteiger partial charge in [-0.25, -0.2) is 0 Å². The molecule has 1 atom stereocenters. The minimum atomic E-state index is -0.471. The molecule has 2 rings (SSSR count). The first kappa shape index (κ1) is 13.1. The van der Waals surface area contributed by atoms with E-state index in [-0.39, 0.29) is 0 Å². The van der Waals surface area contributed by atoms with Gasteiger partial charge in [-0.2, -0.15) is 0 Å². The summed E-state index contributed by atoms with van der Waals surface area (Å²) in [5.41, 5.74) is 6.29. The number of hydrogen-bond acceptors (Lipinski definition) is 4. The molecule has 0 fully saturated rings. The minimum Gasteiger partial charge on any atom is -0.368 e. The molecule has 0 saturated heterocycles. The molecule has 5 nitrogen and oxygen atoms in total. The van der Waals surface area contributed by atoms with Crippen LogP contribution in [0.15, 0.2) is 40.2 Å². The highest BCUT2D eigenvalue weighted by Crippen LogP contribution is 2.33. The van der Waals surface area contributed by atoms with Crippen LogP contribution in [0.4, 0.5) is 0 Å². The third kappa shape index (κ3) is 2.91. The first-order chi connectivity index (χ1) is 8.58. The van der Waals surface area contributed by atoms with E-state index in [9.17, 15) is 4.79 Å². The van der Waals surface area contributed by atoms with Crippen LogP contribution >= 0.6 is 27.7 Å². The van der Waals surface area contributed by atoms with E-state index in [2.05, 4.69) is 26.1 Å². The summed E-state index contributed by atoms with van der Waals surface area (Å²) in [6.07, 6.45) is 1.59. The molecule has 1 amide bonds. The van der Waals surface area contributed by atoms with Crippen LogP contribution in [0.1, 0.15) is 10.8 Å². The molecule has 1 aromatic heterocycles. The third-order valence-electron chi connectivity index (χ3n) is 2.32. The van der Waals surface area contributed by atoms with E-state index in [0.717, 1.165) is 10.0 Å². The van der Waals surface area contributed by atoms with Crippen molar-refractivity contribution in [2.24, 2.45) is 12.8 Å². The second-order valence-corrected chi connectivity index (χ2v) is 5.66. The van der Waals surface area contributed by atoms with Crippen LogP contribution < -0.4 is 5.73 Å². The number of aryl methyl sites for hydroxylation is 1. The Morgan fingerprint density at radius 3 is 2.61 bits per heavy atom. The molecule has 1 aromatic carbocycles. The first-order valence-electron chi connectivity index (χ1n) is 5.13. The molecule has 0 radical (unpaired) electrons. The monoisotopic (exact) mass is 326 g/mol. The van der Waals surface area contributed by atoms with Crippen LogP contribution in [0.25, 0.3) is 0 Å². The smallest absolute Gasteiger partial charge is 0.235 e. The van der Waals surface area contributed by atoms with Crippen LogP contribution in [0.5, 0.6) is 0 Å². The lowest BCUT2D eigenvalue weighted by molar-refractivity contribution is -0.117. The summed E-state index contributed by atoms with van der Waals surface area (Å²) in [6, 6.07) is 7.48. The predicted octanol–water partition coefficient (Wildman–Crippen LogP) is 1.90. The largest absolute Gasteiger partial charge is 0.368 e. The summed E-state index contributed by atoms with van der Waals surface area (Å²) in [6.45, 7) is 0. The molecule has 7 heteroatoms. The Bertz CT molecular complexity index is 554. The average molecular weight is 327 g/mol. The summed E-state index contributed by atoms with van der Waals surface area (Å²) in [5, 5.41) is 7.90. The number of halogens is 1. The topological polar surface area (TPSA) is 73.8 Å². The van der Waals surface area contributed by atoms with Crippen molar-refractivity contribution in [2.75, 3.05) is 0 Å². The maximum Gasteiger partial charge on any atom is 0.235 e. The van der Waals surface area contributed by atoms with Gasteiger partial charge in [0.1, 0.15) is 11.6 Å². The number of nitrogens with zero attached hydrogens (tertiary/aromatic N) is 3. The van der Waals surface area contributed by atoms with Gasteiger partial charge in [0.05, 0.1) is 0 Å². The molecule has 0 aliphatic carbocycles. The van der Waals surface area contributed by atoms with Crippen molar-refractivity contribution >= 4 is 33.6 Å². The standard InChI is InChI=1S/C11H11BrN4OS/c1-16-6-14-15-11(16)18-9(10(13)17)7-2-4-8(12)5-3-7/h2-6,9H,1H3,(H2,13,17)/t9-/m1/s1. The Morgan fingerprint density at radius 1 is 1.44 bits per heavy atom. The number of carbonyl (C=O) groups is 1. The van der Waals surface area contributed by atoms with Gasteiger partial charge in [-0.3, -0.25) is 4.79 Å². The highest BCUT2D eigenvalue weighted by molar-refractivity contribution is 9.10. The molecular weight excluding hydrogens is 316 g/mol. The van der Waals surface area contributed by atoms with E-state index in [1.54, 1.807) is 10.9 Å². The van der Waals surface area contributed by atoms with E-state index in [1.807, 2.05) is 31.3 Å². The minimum absolute atomic E-state index is 0.398. The fraction of sp³-hybridized carbons (Fsp3) is 0.182. The zero-order valence-corrected chi connectivity index (χ0v) is 12.0. The van der Waals surface area contributed by atoms with Gasteiger partial charge in [-0.15, -0.1) is 10.2 Å². The quantitative estimate of drug-likeness (QED) is 0.871. The zero-order valence-electron chi connectivity index (χ0n) is 9.58. The second kappa shape index (κ2) is 5.53. The third-order valence-corrected chi connectivity index (χ3v) is 4.17. The molecule has 2 aromatic rings. The van der Waals surface area contributed by atoms with Gasteiger partial charge in [0.25, 0.3) is 0 Å². The van der Waals surface area contributed by atoms with E-state index < -0.39 is 11.2 Å². The molecule has 1 heterocycles. The number of thioether (sulfide) groups is 1. The number of primary amides is 1. The Kier molecular flexibility index (Phi) is 4.03. The van der Waals surface area contributed by atoms with Crippen LogP contribution in [0.3, 0.4) is 0 Å². The number of benzene rings is 1. The van der Waals surface area contributed by atoms with Gasteiger partial charge in [-0.1, -0.05) is 39.8 Å². The van der Waals surface area contributed by atoms with E-state index in [0.29, 0.717) is 5.16 Å². The number of carbonyl (C=O) groups excluding carboxylic acids is 1. The molecule has 0 saturated carbocycles. The summed E-state index contributed by atoms with van der Waals surface area (Å²) >= 11 is 4.64. The van der Waals surface area contributed by atoms with Crippen LogP contribution in [-0.2, 0) is 11.8 Å². The number of aromatic nitrogens is 3. The van der Waals surface area contributed by atoms with Gasteiger partial charge in [-0.05, 0) is 17.7 Å². The van der Waals surface area contributed by atoms with Gasteiger partial charge < -0.3 is 10.3 Å². The Morgan fingerprint density at radius 2 is 2.11 bits per heavy atom. The van der Waals surface area contributed by atoms with E-state index in [4.69, 9.17) is 5.73 Å². The lowest BCUT2D eigenvalue weighted by Gasteiger charge is -2.12. The van der Waals surface area contributed by atoms with Crippen molar-refractivity contribution in [3.63, 3.8) is 0 Å². The highest BCUT2D eigenvalue weighted by Gasteiger charge is 2.21. The maximum atomic E-state index is 11.6. The Hall–Kier alpha value is -1.34. The lowest BCUT2D eigenvalue weighted by atomic mass is 10.1. The lowest BCUT2D eigenvalue weighted by Crippen LogP contribution is -2.19. The molecule has 2 N–H and O–H groups in total. The number of rotatable bonds is 4. The van der Waals surface area contributed by atoms with Crippen LogP contribution in [0, 0.1) is 0 Å². The average Bonchev–Trinajstić information content (AvgIpc) is 2.73. The fourth-order valence-electron chi connectivity index (χ4n) is 1.41. The summed E-state index contributed by atoms with van der Waals surface area (Å²) in [5.74, 6) is -0.398. The Labute approximate surface area is 117 Å². The SMILES string of the molecule is Cn1cnnc1S[C@@H](C(N)=O)c1ccc(Br)cc1. The van der Waals surface area contributed by atoms with Crippen molar-refractivity contribution in [1.29, 1.82) is 0 Å². The predicted molar refractivity (Wildman–Crippen MR) is 72.9 cm³/mol. The van der Waals surface area contributed by atoms with Crippen molar-refractivity contribution in [3.05, 3.63) is 40.6 Å². The van der Waals surface area contributed by atoms with Crippen LogP contribution in [0.2, 0.25) is 0 Å². The zero-order chi connectivity index (χ0) is 13.1. The van der Waals surface area contributed by atoms with Crippen molar-refractivity contribution < 1.29 is 4.79 Å². The van der Waals surface area contributed by atoms with Crippen LogP contribution in [-0.4, -0.2) is 20.7 Å². The normalized spacial score (nSPS) is 12.3. The first-order valence-corrected chi connectivity index (χ1v) is 6.80. The molecule has 0 spiro atoms. The van der Waals surface area contributed by atoms with Crippen molar-refractivity contribution in [1.82, 2.24) is 14.8 Å². The van der Waals surface area contributed by atoms with Gasteiger partial charge in [0.2, 0.25) is 5.91 Å². The molecule has 0 bridgehead atoms. The molecule has 0 aliphatic rings. The Balaban J connectivity index is 2.27. The molecule has 18 heavy (non-hydrogen) atoms. The number of hydrogen-bond donors (Lipinski definition) is 1. The van der Waals surface area contributed by atoms with E-state index in [1.165, 1.54) is 11.8 Å². The molecule has 0 aliphatic heterocycles. The van der Waals surface area contributed by atoms with E-state index >= 15 is 0 Å². The molecular formula is C11H11BrN4OS. The van der Waals surface area contributed by atoms with Crippen molar-refractivity contribution in [2.45, 2.75) is 10.4 Å². The van der Waals surface area contributed by atoms with Gasteiger partial charge in [0.15, 0.2) is 5.16 Å². The molecule has 94 valence electrons. The van der Waals surface area contributed by atoms with Gasteiger partial charge >= 0.3 is 0 Å².